The van der Waals surface area contributed by atoms with E-state index in [1.807, 2.05) is 4.90 Å². The van der Waals surface area contributed by atoms with Crippen molar-refractivity contribution < 1.29 is 9.59 Å². The predicted octanol–water partition coefficient (Wildman–Crippen LogP) is 2.36. The number of piperazine rings is 1. The third kappa shape index (κ3) is 3.52. The van der Waals surface area contributed by atoms with Crippen LogP contribution in [0.1, 0.15) is 57.8 Å². The number of rotatable bonds is 5. The van der Waals surface area contributed by atoms with Gasteiger partial charge in [-0.1, -0.05) is 0 Å². The van der Waals surface area contributed by atoms with Crippen molar-refractivity contribution in [3.05, 3.63) is 0 Å². The average molecular weight is 374 g/mol. The van der Waals surface area contributed by atoms with E-state index in [0.717, 1.165) is 81.8 Å². The van der Waals surface area contributed by atoms with Gasteiger partial charge in [0.05, 0.1) is 0 Å². The van der Waals surface area contributed by atoms with E-state index >= 15 is 0 Å². The topological polar surface area (TPSA) is 43.9 Å². The summed E-state index contributed by atoms with van der Waals surface area (Å²) in [5.41, 5.74) is 0. The largest absolute Gasteiger partial charge is 0.343 e. The van der Waals surface area contributed by atoms with E-state index in [-0.39, 0.29) is 5.91 Å². The van der Waals surface area contributed by atoms with Crippen molar-refractivity contribution in [1.82, 2.24) is 14.7 Å². The molecule has 6 aliphatic rings. The zero-order valence-electron chi connectivity index (χ0n) is 16.7. The summed E-state index contributed by atoms with van der Waals surface area (Å²) < 4.78 is 0. The molecule has 2 saturated heterocycles. The molecule has 0 unspecified atom stereocenters. The molecule has 2 aliphatic heterocycles. The number of amides is 2. The van der Waals surface area contributed by atoms with E-state index in [2.05, 4.69) is 9.80 Å². The normalized spacial score (nSPS) is 38.8. The molecule has 0 spiro atoms. The van der Waals surface area contributed by atoms with Gasteiger partial charge in [-0.15, -0.1) is 0 Å². The second-order valence-electron chi connectivity index (χ2n) is 9.93. The summed E-state index contributed by atoms with van der Waals surface area (Å²) in [6.45, 7) is 5.61. The molecule has 6 rings (SSSR count). The average Bonchev–Trinajstić information content (AvgIpc) is 3.06. The number of nitrogens with zero attached hydrogens (tertiary/aromatic N) is 3. The summed E-state index contributed by atoms with van der Waals surface area (Å²) >= 11 is 0. The second kappa shape index (κ2) is 7.38. The maximum atomic E-state index is 12.6. The molecule has 0 radical (unpaired) electrons. The lowest BCUT2D eigenvalue weighted by Gasteiger charge is -2.58. The van der Waals surface area contributed by atoms with Gasteiger partial charge in [0.15, 0.2) is 0 Å². The molecule has 6 fully saturated rings. The van der Waals surface area contributed by atoms with Crippen LogP contribution >= 0.6 is 0 Å². The fourth-order valence-corrected chi connectivity index (χ4v) is 7.28. The van der Waals surface area contributed by atoms with E-state index in [0.29, 0.717) is 18.7 Å². The quantitative estimate of drug-likeness (QED) is 0.743. The van der Waals surface area contributed by atoms with Gasteiger partial charge < -0.3 is 9.80 Å². The van der Waals surface area contributed by atoms with Crippen molar-refractivity contribution in [1.29, 1.82) is 0 Å². The maximum Gasteiger partial charge on any atom is 0.222 e. The molecule has 0 aromatic carbocycles. The van der Waals surface area contributed by atoms with Gasteiger partial charge in [-0.05, 0) is 68.6 Å². The van der Waals surface area contributed by atoms with E-state index in [1.165, 1.54) is 32.1 Å². The molecule has 150 valence electrons. The minimum Gasteiger partial charge on any atom is -0.343 e. The van der Waals surface area contributed by atoms with Gasteiger partial charge in [-0.3, -0.25) is 14.5 Å². The van der Waals surface area contributed by atoms with Gasteiger partial charge in [0, 0.05) is 58.2 Å². The summed E-state index contributed by atoms with van der Waals surface area (Å²) in [5, 5.41) is 0. The van der Waals surface area contributed by atoms with Crippen LogP contribution in [0.5, 0.6) is 0 Å². The van der Waals surface area contributed by atoms with Crippen molar-refractivity contribution in [3.8, 4) is 0 Å². The van der Waals surface area contributed by atoms with Crippen LogP contribution in [0.15, 0.2) is 0 Å². The molecule has 4 bridgehead atoms. The van der Waals surface area contributed by atoms with Crippen LogP contribution in [0, 0.1) is 23.7 Å². The summed E-state index contributed by atoms with van der Waals surface area (Å²) in [7, 11) is 0. The number of hydrogen-bond acceptors (Lipinski definition) is 3. The summed E-state index contributed by atoms with van der Waals surface area (Å²) in [6, 6.07) is 0.816. The smallest absolute Gasteiger partial charge is 0.222 e. The minimum absolute atomic E-state index is 0.270. The van der Waals surface area contributed by atoms with Crippen LogP contribution in [0.4, 0.5) is 0 Å². The first-order valence-electron chi connectivity index (χ1n) is 11.5. The summed E-state index contributed by atoms with van der Waals surface area (Å²) in [6.07, 6.45) is 10.5. The Balaban J connectivity index is 1.08. The maximum absolute atomic E-state index is 12.6. The molecule has 0 aromatic heterocycles. The Kier molecular flexibility index (Phi) is 4.91. The third-order valence-corrected chi connectivity index (χ3v) is 8.26. The zero-order chi connectivity index (χ0) is 18.4. The van der Waals surface area contributed by atoms with Gasteiger partial charge in [0.1, 0.15) is 0 Å². The number of carbonyl (C=O) groups is 2. The molecule has 0 N–H and O–H groups in total. The number of hydrogen-bond donors (Lipinski definition) is 0. The molecule has 5 heteroatoms. The number of carbonyl (C=O) groups excluding carboxylic acids is 2. The standard InChI is InChI=1S/C22H35N3O2/c26-20-3-1-5-23(20)6-2-4-21(27)24-7-9-25(10-8-24)22-18-12-16-11-17(14-18)15-19(22)13-16/h16-19,22H,1-15H2. The fourth-order valence-electron chi connectivity index (χ4n) is 7.28. The van der Waals surface area contributed by atoms with Crippen molar-refractivity contribution in [2.24, 2.45) is 23.7 Å². The molecule has 2 amide bonds. The second-order valence-corrected chi connectivity index (χ2v) is 9.93. The Bertz CT molecular complexity index is 556. The first kappa shape index (κ1) is 18.0. The van der Waals surface area contributed by atoms with Gasteiger partial charge >= 0.3 is 0 Å². The van der Waals surface area contributed by atoms with Crippen LogP contribution in [0.3, 0.4) is 0 Å². The molecule has 5 nitrogen and oxygen atoms in total. The molecule has 0 atom stereocenters. The van der Waals surface area contributed by atoms with Gasteiger partial charge in [0.2, 0.25) is 11.8 Å². The highest BCUT2D eigenvalue weighted by atomic mass is 16.2. The van der Waals surface area contributed by atoms with Gasteiger partial charge in [0.25, 0.3) is 0 Å². The monoisotopic (exact) mass is 373 g/mol. The summed E-state index contributed by atoms with van der Waals surface area (Å²) in [4.78, 5) is 31.0. The summed E-state index contributed by atoms with van der Waals surface area (Å²) in [5.74, 6) is 4.53. The molecule has 4 saturated carbocycles. The zero-order valence-corrected chi connectivity index (χ0v) is 16.7. The molecule has 27 heavy (non-hydrogen) atoms. The lowest BCUT2D eigenvalue weighted by atomic mass is 9.54. The Hall–Kier alpha value is -1.10. The number of likely N-dealkylation sites (tertiary alicyclic amines) is 1. The highest BCUT2D eigenvalue weighted by Gasteiger charge is 2.50. The Morgan fingerprint density at radius 3 is 2.15 bits per heavy atom. The Morgan fingerprint density at radius 2 is 1.56 bits per heavy atom. The van der Waals surface area contributed by atoms with E-state index in [9.17, 15) is 9.59 Å². The van der Waals surface area contributed by atoms with E-state index < -0.39 is 0 Å². The Labute approximate surface area is 163 Å². The van der Waals surface area contributed by atoms with Crippen molar-refractivity contribution in [2.75, 3.05) is 39.3 Å². The first-order valence-corrected chi connectivity index (χ1v) is 11.5. The SMILES string of the molecule is O=C1CCCN1CCCC(=O)N1CCN(C2C3CC4CC(C3)CC2C4)CC1. The van der Waals surface area contributed by atoms with Crippen molar-refractivity contribution in [3.63, 3.8) is 0 Å². The molecule has 4 aliphatic carbocycles. The molecular weight excluding hydrogens is 338 g/mol. The van der Waals surface area contributed by atoms with Gasteiger partial charge in [-0.2, -0.15) is 0 Å². The van der Waals surface area contributed by atoms with E-state index in [4.69, 9.17) is 0 Å². The Morgan fingerprint density at radius 1 is 0.889 bits per heavy atom. The van der Waals surface area contributed by atoms with Crippen LogP contribution in [-0.2, 0) is 9.59 Å². The molecule has 2 heterocycles. The molecular formula is C22H35N3O2. The lowest BCUT2D eigenvalue weighted by Crippen LogP contribution is -2.60. The predicted molar refractivity (Wildman–Crippen MR) is 104 cm³/mol. The van der Waals surface area contributed by atoms with Crippen molar-refractivity contribution >= 4 is 11.8 Å². The van der Waals surface area contributed by atoms with Gasteiger partial charge in [-0.25, -0.2) is 0 Å². The van der Waals surface area contributed by atoms with E-state index in [1.54, 1.807) is 0 Å². The van der Waals surface area contributed by atoms with Crippen LogP contribution < -0.4 is 0 Å². The fraction of sp³-hybridized carbons (Fsp3) is 0.909. The van der Waals surface area contributed by atoms with Crippen LogP contribution in [-0.4, -0.2) is 71.8 Å². The van der Waals surface area contributed by atoms with Crippen molar-refractivity contribution in [2.45, 2.75) is 63.8 Å². The molecule has 0 aromatic rings. The van der Waals surface area contributed by atoms with Crippen LogP contribution in [0.2, 0.25) is 0 Å². The lowest BCUT2D eigenvalue weighted by molar-refractivity contribution is -0.136. The highest BCUT2D eigenvalue weighted by Crippen LogP contribution is 2.55. The minimum atomic E-state index is 0.270. The third-order valence-electron chi connectivity index (χ3n) is 8.26. The van der Waals surface area contributed by atoms with Crippen LogP contribution in [0.25, 0.3) is 0 Å². The highest BCUT2D eigenvalue weighted by molar-refractivity contribution is 5.78. The first-order chi connectivity index (χ1) is 13.2.